The predicted molar refractivity (Wildman–Crippen MR) is 218 cm³/mol. The summed E-state index contributed by atoms with van der Waals surface area (Å²) in [4.78, 5) is 15.7. The predicted octanol–water partition coefficient (Wildman–Crippen LogP) is 12.6. The first-order chi connectivity index (χ1) is 25.7. The molecule has 0 fully saturated rings. The van der Waals surface area contributed by atoms with Crippen LogP contribution in [-0.2, 0) is 0 Å². The van der Waals surface area contributed by atoms with Crippen LogP contribution in [0.5, 0.6) is 0 Å². The van der Waals surface area contributed by atoms with Crippen LogP contribution >= 0.6 is 11.3 Å². The van der Waals surface area contributed by atoms with E-state index in [0.717, 1.165) is 49.4 Å². The van der Waals surface area contributed by atoms with Gasteiger partial charge in [-0.25, -0.2) is 4.98 Å². The highest BCUT2D eigenvalue weighted by Crippen LogP contribution is 2.42. The molecule has 8 aromatic carbocycles. The van der Waals surface area contributed by atoms with Gasteiger partial charge in [0.2, 0.25) is 5.95 Å². The molecule has 0 bridgehead atoms. The molecular formula is C47H28N4S. The zero-order valence-electron chi connectivity index (χ0n) is 27.9. The van der Waals surface area contributed by atoms with Crippen LogP contribution in [0.1, 0.15) is 0 Å². The van der Waals surface area contributed by atoms with E-state index in [0.29, 0.717) is 17.6 Å². The molecule has 0 saturated heterocycles. The molecule has 4 nitrogen and oxygen atoms in total. The van der Waals surface area contributed by atoms with Gasteiger partial charge in [-0.2, -0.15) is 9.97 Å². The number of thiophene rings is 1. The highest BCUT2D eigenvalue weighted by molar-refractivity contribution is 7.25. The molecule has 242 valence electrons. The molecule has 5 heteroatoms. The number of para-hydroxylation sites is 1. The molecule has 11 aromatic rings. The summed E-state index contributed by atoms with van der Waals surface area (Å²) in [6, 6.07) is 60.4. The van der Waals surface area contributed by atoms with Crippen LogP contribution < -0.4 is 0 Å². The molecule has 0 aliphatic rings. The molecular weight excluding hydrogens is 653 g/mol. The maximum Gasteiger partial charge on any atom is 0.238 e. The average Bonchev–Trinajstić information content (AvgIpc) is 3.75. The number of hydrogen-bond acceptors (Lipinski definition) is 4. The van der Waals surface area contributed by atoms with Crippen molar-refractivity contribution in [3.8, 4) is 39.9 Å². The molecule has 0 aliphatic carbocycles. The average molecular weight is 681 g/mol. The van der Waals surface area contributed by atoms with E-state index in [-0.39, 0.29) is 0 Å². The normalized spacial score (nSPS) is 11.8. The second-order valence-corrected chi connectivity index (χ2v) is 14.4. The summed E-state index contributed by atoms with van der Waals surface area (Å²) in [6.45, 7) is 0. The third kappa shape index (κ3) is 4.57. The second kappa shape index (κ2) is 11.4. The van der Waals surface area contributed by atoms with Gasteiger partial charge in [0.25, 0.3) is 0 Å². The van der Waals surface area contributed by atoms with Gasteiger partial charge < -0.3 is 0 Å². The van der Waals surface area contributed by atoms with Crippen LogP contribution in [0.4, 0.5) is 0 Å². The Labute approximate surface area is 302 Å². The maximum atomic E-state index is 5.32. The van der Waals surface area contributed by atoms with E-state index in [4.69, 9.17) is 15.0 Å². The molecule has 0 aliphatic heterocycles. The van der Waals surface area contributed by atoms with Crippen molar-refractivity contribution in [1.29, 1.82) is 0 Å². The molecule has 0 N–H and O–H groups in total. The Morgan fingerprint density at radius 2 is 1.04 bits per heavy atom. The SMILES string of the molecule is c1ccc(-c2nc(-c3ccc4ccccc4c3)nc(-n3c4cc5ccccc5cc4c4cccc(-c5ccc6sc7ccccc7c6c5)c43)n2)cc1. The second-order valence-electron chi connectivity index (χ2n) is 13.3. The fourth-order valence-electron chi connectivity index (χ4n) is 7.72. The largest absolute Gasteiger partial charge is 0.277 e. The molecule has 0 spiro atoms. The Morgan fingerprint density at radius 1 is 0.385 bits per heavy atom. The Bertz CT molecular complexity index is 3190. The first-order valence-corrected chi connectivity index (χ1v) is 18.3. The highest BCUT2D eigenvalue weighted by atomic mass is 32.1. The van der Waals surface area contributed by atoms with Crippen molar-refractivity contribution < 1.29 is 0 Å². The van der Waals surface area contributed by atoms with Crippen molar-refractivity contribution >= 4 is 74.9 Å². The van der Waals surface area contributed by atoms with Crippen molar-refractivity contribution in [1.82, 2.24) is 19.5 Å². The van der Waals surface area contributed by atoms with Crippen LogP contribution in [-0.4, -0.2) is 19.5 Å². The number of aromatic nitrogens is 4. The van der Waals surface area contributed by atoms with E-state index in [1.165, 1.54) is 36.3 Å². The van der Waals surface area contributed by atoms with Crippen LogP contribution in [0, 0.1) is 0 Å². The number of benzene rings is 8. The molecule has 52 heavy (non-hydrogen) atoms. The minimum atomic E-state index is 0.585. The van der Waals surface area contributed by atoms with E-state index >= 15 is 0 Å². The van der Waals surface area contributed by atoms with Gasteiger partial charge in [-0.3, -0.25) is 4.57 Å². The Balaban J connectivity index is 1.25. The minimum Gasteiger partial charge on any atom is -0.277 e. The Kier molecular flexibility index (Phi) is 6.39. The summed E-state index contributed by atoms with van der Waals surface area (Å²) < 4.78 is 4.85. The molecule has 0 amide bonds. The lowest BCUT2D eigenvalue weighted by molar-refractivity contribution is 0.954. The minimum absolute atomic E-state index is 0.585. The van der Waals surface area contributed by atoms with E-state index in [9.17, 15) is 0 Å². The van der Waals surface area contributed by atoms with Gasteiger partial charge in [0.15, 0.2) is 11.6 Å². The first kappa shape index (κ1) is 29.1. The number of nitrogens with zero attached hydrogens (tertiary/aromatic N) is 4. The summed E-state index contributed by atoms with van der Waals surface area (Å²) in [5.74, 6) is 1.85. The Morgan fingerprint density at radius 3 is 1.88 bits per heavy atom. The fourth-order valence-corrected chi connectivity index (χ4v) is 8.81. The standard InChI is InChI=1S/C47H28N4S/c1-2-12-30(13-3-1)45-48-46(35-22-21-29-11-4-5-14-31(29)25-35)50-47(49-45)51-41-28-33-16-7-6-15-32(33)26-39(41)38-19-10-18-36(44(38)51)34-23-24-43-40(27-34)37-17-8-9-20-42(37)52-43/h1-28H. The summed E-state index contributed by atoms with van der Waals surface area (Å²) in [5.41, 5.74) is 6.29. The van der Waals surface area contributed by atoms with Crippen molar-refractivity contribution in [3.63, 3.8) is 0 Å². The van der Waals surface area contributed by atoms with Crippen LogP contribution in [0.15, 0.2) is 170 Å². The molecule has 0 unspecified atom stereocenters. The van der Waals surface area contributed by atoms with Gasteiger partial charge in [0, 0.05) is 47.6 Å². The molecule has 0 saturated carbocycles. The molecule has 11 rings (SSSR count). The first-order valence-electron chi connectivity index (χ1n) is 17.4. The van der Waals surface area contributed by atoms with Crippen molar-refractivity contribution in [2.75, 3.05) is 0 Å². The van der Waals surface area contributed by atoms with Gasteiger partial charge in [-0.15, -0.1) is 11.3 Å². The smallest absolute Gasteiger partial charge is 0.238 e. The van der Waals surface area contributed by atoms with E-state index < -0.39 is 0 Å². The van der Waals surface area contributed by atoms with Crippen LogP contribution in [0.2, 0.25) is 0 Å². The van der Waals surface area contributed by atoms with E-state index in [1.807, 2.05) is 29.5 Å². The van der Waals surface area contributed by atoms with E-state index in [1.54, 1.807) is 0 Å². The third-order valence-corrected chi connectivity index (χ3v) is 11.4. The third-order valence-electron chi connectivity index (χ3n) is 10.2. The van der Waals surface area contributed by atoms with Crippen molar-refractivity contribution in [3.05, 3.63) is 170 Å². The molecule has 0 atom stereocenters. The lowest BCUT2D eigenvalue weighted by Crippen LogP contribution is -2.07. The Hall–Kier alpha value is -6.69. The van der Waals surface area contributed by atoms with Gasteiger partial charge in [-0.1, -0.05) is 133 Å². The molecule has 3 heterocycles. The van der Waals surface area contributed by atoms with E-state index in [2.05, 4.69) is 156 Å². The summed E-state index contributed by atoms with van der Waals surface area (Å²) in [7, 11) is 0. The van der Waals surface area contributed by atoms with Gasteiger partial charge in [0.05, 0.1) is 11.0 Å². The lowest BCUT2D eigenvalue weighted by atomic mass is 9.99. The van der Waals surface area contributed by atoms with Crippen LogP contribution in [0.25, 0.3) is 103 Å². The zero-order valence-corrected chi connectivity index (χ0v) is 28.7. The lowest BCUT2D eigenvalue weighted by Gasteiger charge is -2.13. The van der Waals surface area contributed by atoms with Gasteiger partial charge in [-0.05, 0) is 63.5 Å². The number of rotatable bonds is 4. The van der Waals surface area contributed by atoms with Crippen LogP contribution in [0.3, 0.4) is 0 Å². The fraction of sp³-hybridized carbons (Fsp3) is 0. The van der Waals surface area contributed by atoms with Gasteiger partial charge in [0.1, 0.15) is 0 Å². The summed E-state index contributed by atoms with van der Waals surface area (Å²) in [6.07, 6.45) is 0. The summed E-state index contributed by atoms with van der Waals surface area (Å²) in [5, 5.41) is 9.56. The van der Waals surface area contributed by atoms with Crippen molar-refractivity contribution in [2.24, 2.45) is 0 Å². The molecule has 3 aromatic heterocycles. The maximum absolute atomic E-state index is 5.32. The summed E-state index contributed by atoms with van der Waals surface area (Å²) >= 11 is 1.84. The number of hydrogen-bond donors (Lipinski definition) is 0. The number of fused-ring (bicyclic) bond motifs is 8. The monoisotopic (exact) mass is 680 g/mol. The molecule has 0 radical (unpaired) electrons. The van der Waals surface area contributed by atoms with Crippen molar-refractivity contribution in [2.45, 2.75) is 0 Å². The zero-order chi connectivity index (χ0) is 34.2. The topological polar surface area (TPSA) is 43.6 Å². The quantitative estimate of drug-likeness (QED) is 0.186. The van der Waals surface area contributed by atoms with Gasteiger partial charge >= 0.3 is 0 Å². The highest BCUT2D eigenvalue weighted by Gasteiger charge is 2.21.